The van der Waals surface area contributed by atoms with Crippen LogP contribution in [0.2, 0.25) is 0 Å². The summed E-state index contributed by atoms with van der Waals surface area (Å²) in [5.74, 6) is -0.319. The van der Waals surface area contributed by atoms with Crippen LogP contribution >= 0.6 is 0 Å². The molecule has 1 aromatic rings. The van der Waals surface area contributed by atoms with Crippen molar-refractivity contribution in [1.82, 2.24) is 5.32 Å². The van der Waals surface area contributed by atoms with Crippen LogP contribution < -0.4 is 5.32 Å². The van der Waals surface area contributed by atoms with Crippen molar-refractivity contribution in [3.8, 4) is 0 Å². The fourth-order valence-electron chi connectivity index (χ4n) is 1.90. The van der Waals surface area contributed by atoms with Crippen LogP contribution in [0.5, 0.6) is 0 Å². The number of halogens is 2. The molecule has 1 aliphatic rings. The summed E-state index contributed by atoms with van der Waals surface area (Å²) in [4.78, 5) is 0. The number of rotatable bonds is 0. The van der Waals surface area contributed by atoms with Gasteiger partial charge >= 0.3 is 0 Å². The van der Waals surface area contributed by atoms with E-state index in [0.29, 0.717) is 30.6 Å². The molecule has 1 heterocycles. The Morgan fingerprint density at radius 2 is 2.21 bits per heavy atom. The van der Waals surface area contributed by atoms with Crippen molar-refractivity contribution >= 4 is 0 Å². The molecule has 0 saturated heterocycles. The van der Waals surface area contributed by atoms with Crippen molar-refractivity contribution in [3.05, 3.63) is 35.1 Å². The third kappa shape index (κ3) is 1.52. The van der Waals surface area contributed by atoms with Crippen molar-refractivity contribution < 1.29 is 8.78 Å². The molecule has 76 valence electrons. The molecule has 0 fully saturated rings. The fourth-order valence-corrected chi connectivity index (χ4v) is 1.90. The minimum absolute atomic E-state index is 0.319. The average Bonchev–Trinajstić information content (AvgIpc) is 2.27. The van der Waals surface area contributed by atoms with E-state index >= 15 is 0 Å². The first-order chi connectivity index (χ1) is 6.61. The number of hydrogen-bond donors (Lipinski definition) is 1. The van der Waals surface area contributed by atoms with Crippen LogP contribution in [0.25, 0.3) is 0 Å². The van der Waals surface area contributed by atoms with E-state index in [1.54, 1.807) is 12.1 Å². The lowest BCUT2D eigenvalue weighted by molar-refractivity contribution is 0.180. The zero-order chi connectivity index (χ0) is 10.2. The number of alkyl halides is 1. The first kappa shape index (κ1) is 9.59. The van der Waals surface area contributed by atoms with Gasteiger partial charge in [-0.25, -0.2) is 8.78 Å². The monoisotopic (exact) mass is 197 g/mol. The van der Waals surface area contributed by atoms with Gasteiger partial charge < -0.3 is 5.32 Å². The van der Waals surface area contributed by atoms with Crippen LogP contribution in [-0.4, -0.2) is 6.54 Å². The highest BCUT2D eigenvalue weighted by atomic mass is 19.1. The third-order valence-electron chi connectivity index (χ3n) is 2.75. The minimum Gasteiger partial charge on any atom is -0.312 e. The zero-order valence-electron chi connectivity index (χ0n) is 8.11. The Bertz CT molecular complexity index is 347. The summed E-state index contributed by atoms with van der Waals surface area (Å²) in [5, 5.41) is 3.02. The zero-order valence-corrected chi connectivity index (χ0v) is 8.11. The molecule has 1 unspecified atom stereocenters. The molecule has 0 spiro atoms. The Hall–Kier alpha value is -0.960. The SMILES string of the molecule is CC1(F)CCNCc2c(F)cccc21. The van der Waals surface area contributed by atoms with Crippen LogP contribution in [0.1, 0.15) is 24.5 Å². The molecule has 0 bridgehead atoms. The average molecular weight is 197 g/mol. The van der Waals surface area contributed by atoms with E-state index < -0.39 is 5.67 Å². The molecule has 3 heteroatoms. The fraction of sp³-hybridized carbons (Fsp3) is 0.455. The lowest BCUT2D eigenvalue weighted by atomic mass is 9.91. The van der Waals surface area contributed by atoms with Crippen LogP contribution in [0.3, 0.4) is 0 Å². The summed E-state index contributed by atoms with van der Waals surface area (Å²) in [7, 11) is 0. The maximum atomic E-state index is 14.1. The van der Waals surface area contributed by atoms with E-state index in [0.717, 1.165) is 0 Å². The van der Waals surface area contributed by atoms with Crippen molar-refractivity contribution in [2.75, 3.05) is 6.54 Å². The Morgan fingerprint density at radius 1 is 1.43 bits per heavy atom. The summed E-state index contributed by atoms with van der Waals surface area (Å²) in [6, 6.07) is 4.62. The molecule has 0 radical (unpaired) electrons. The van der Waals surface area contributed by atoms with Gasteiger partial charge in [-0.2, -0.15) is 0 Å². The second kappa shape index (κ2) is 3.31. The smallest absolute Gasteiger partial charge is 0.134 e. The largest absolute Gasteiger partial charge is 0.312 e. The van der Waals surface area contributed by atoms with E-state index in [-0.39, 0.29) is 5.82 Å². The van der Waals surface area contributed by atoms with E-state index in [2.05, 4.69) is 5.32 Å². The van der Waals surface area contributed by atoms with Gasteiger partial charge in [0.15, 0.2) is 0 Å². The molecule has 1 nitrogen and oxygen atoms in total. The van der Waals surface area contributed by atoms with E-state index in [1.165, 1.54) is 13.0 Å². The molecule has 1 aliphatic heterocycles. The maximum Gasteiger partial charge on any atom is 0.134 e. The molecule has 0 amide bonds. The van der Waals surface area contributed by atoms with Crippen molar-refractivity contribution in [2.45, 2.75) is 25.6 Å². The van der Waals surface area contributed by atoms with Crippen LogP contribution in [0, 0.1) is 5.82 Å². The topological polar surface area (TPSA) is 12.0 Å². The van der Waals surface area contributed by atoms with Crippen LogP contribution in [0.15, 0.2) is 18.2 Å². The van der Waals surface area contributed by atoms with Gasteiger partial charge in [-0.15, -0.1) is 0 Å². The summed E-state index contributed by atoms with van der Waals surface area (Å²) < 4.78 is 27.5. The van der Waals surface area contributed by atoms with Crippen molar-refractivity contribution in [2.24, 2.45) is 0 Å². The molecule has 1 atom stereocenters. The second-order valence-corrected chi connectivity index (χ2v) is 3.89. The maximum absolute atomic E-state index is 14.1. The van der Waals surface area contributed by atoms with Crippen molar-refractivity contribution in [3.63, 3.8) is 0 Å². The van der Waals surface area contributed by atoms with E-state index in [9.17, 15) is 8.78 Å². The van der Waals surface area contributed by atoms with Gasteiger partial charge in [0.25, 0.3) is 0 Å². The number of benzene rings is 1. The van der Waals surface area contributed by atoms with Gasteiger partial charge in [-0.3, -0.25) is 0 Å². The summed E-state index contributed by atoms with van der Waals surface area (Å²) in [5.41, 5.74) is -0.460. The highest BCUT2D eigenvalue weighted by molar-refractivity contribution is 5.34. The third-order valence-corrected chi connectivity index (χ3v) is 2.75. The first-order valence-corrected chi connectivity index (χ1v) is 4.79. The number of fused-ring (bicyclic) bond motifs is 1. The molecule has 14 heavy (non-hydrogen) atoms. The van der Waals surface area contributed by atoms with Gasteiger partial charge in [0.1, 0.15) is 11.5 Å². The normalized spacial score (nSPS) is 26.8. The lowest BCUT2D eigenvalue weighted by Gasteiger charge is -2.20. The molecular weight excluding hydrogens is 184 g/mol. The Balaban J connectivity index is 2.56. The van der Waals surface area contributed by atoms with Crippen LogP contribution in [-0.2, 0) is 12.2 Å². The van der Waals surface area contributed by atoms with E-state index in [4.69, 9.17) is 0 Å². The predicted octanol–water partition coefficient (Wildman–Crippen LogP) is 2.50. The van der Waals surface area contributed by atoms with E-state index in [1.807, 2.05) is 0 Å². The highest BCUT2D eigenvalue weighted by Crippen LogP contribution is 2.34. The predicted molar refractivity (Wildman–Crippen MR) is 51.2 cm³/mol. The standard InChI is InChI=1S/C11H13F2N/c1-11(13)5-6-14-7-8-9(11)3-2-4-10(8)12/h2-4,14H,5-7H2,1H3. The van der Waals surface area contributed by atoms with Crippen molar-refractivity contribution in [1.29, 1.82) is 0 Å². The van der Waals surface area contributed by atoms with Crippen LogP contribution in [0.4, 0.5) is 8.78 Å². The molecule has 0 saturated carbocycles. The highest BCUT2D eigenvalue weighted by Gasteiger charge is 2.31. The molecule has 0 aromatic heterocycles. The summed E-state index contributed by atoms with van der Waals surface area (Å²) >= 11 is 0. The second-order valence-electron chi connectivity index (χ2n) is 3.89. The molecule has 2 rings (SSSR count). The van der Waals surface area contributed by atoms with Gasteiger partial charge in [0.05, 0.1) is 0 Å². The first-order valence-electron chi connectivity index (χ1n) is 4.79. The van der Waals surface area contributed by atoms with Gasteiger partial charge in [0.2, 0.25) is 0 Å². The molecule has 1 N–H and O–H groups in total. The lowest BCUT2D eigenvalue weighted by Crippen LogP contribution is -2.18. The number of hydrogen-bond acceptors (Lipinski definition) is 1. The molecule has 0 aliphatic carbocycles. The van der Waals surface area contributed by atoms with Gasteiger partial charge in [0, 0.05) is 12.1 Å². The van der Waals surface area contributed by atoms with Gasteiger partial charge in [-0.1, -0.05) is 12.1 Å². The summed E-state index contributed by atoms with van der Waals surface area (Å²) in [6.45, 7) is 2.51. The molecular formula is C11H13F2N. The Morgan fingerprint density at radius 3 is 3.00 bits per heavy atom. The van der Waals surface area contributed by atoms with Gasteiger partial charge in [-0.05, 0) is 31.5 Å². The number of nitrogens with one attached hydrogen (secondary N) is 1. The Labute approximate surface area is 82.1 Å². The summed E-state index contributed by atoms with van der Waals surface area (Å²) in [6.07, 6.45) is 0.392. The quantitative estimate of drug-likeness (QED) is 0.673. The Kier molecular flexibility index (Phi) is 2.27. The molecule has 1 aromatic carbocycles. The minimum atomic E-state index is -1.42.